The Morgan fingerprint density at radius 2 is 2.33 bits per heavy atom. The van der Waals surface area contributed by atoms with Crippen LogP contribution in [0, 0.1) is 0 Å². The highest BCUT2D eigenvalue weighted by Gasteiger charge is 2.54. The van der Waals surface area contributed by atoms with E-state index >= 15 is 0 Å². The standard InChI is InChI=1S/C10H9BO4/c12-10(13)6-3-1-2-5-7-4-8(7)11(14)15-9(5)6/h1-3,7-8,14H,4H2,(H,12,13). The Balaban J connectivity index is 2.14. The van der Waals surface area contributed by atoms with Crippen molar-refractivity contribution in [2.45, 2.75) is 18.2 Å². The summed E-state index contributed by atoms with van der Waals surface area (Å²) >= 11 is 0. The first-order chi connectivity index (χ1) is 7.18. The van der Waals surface area contributed by atoms with Gasteiger partial charge >= 0.3 is 13.1 Å². The topological polar surface area (TPSA) is 66.8 Å². The Hall–Kier alpha value is -1.49. The maximum absolute atomic E-state index is 10.9. The van der Waals surface area contributed by atoms with E-state index in [9.17, 15) is 9.82 Å². The van der Waals surface area contributed by atoms with Crippen molar-refractivity contribution < 1.29 is 19.6 Å². The lowest BCUT2D eigenvalue weighted by Crippen LogP contribution is -2.27. The van der Waals surface area contributed by atoms with Crippen molar-refractivity contribution in [3.63, 3.8) is 0 Å². The summed E-state index contributed by atoms with van der Waals surface area (Å²) in [6.07, 6.45) is 0.886. The molecule has 15 heavy (non-hydrogen) atoms. The molecule has 0 bridgehead atoms. The molecule has 1 aromatic rings. The highest BCUT2D eigenvalue weighted by atomic mass is 16.5. The summed E-state index contributed by atoms with van der Waals surface area (Å²) < 4.78 is 5.25. The highest BCUT2D eigenvalue weighted by molar-refractivity contribution is 6.48. The van der Waals surface area contributed by atoms with E-state index in [0.717, 1.165) is 12.0 Å². The molecule has 1 aliphatic carbocycles. The van der Waals surface area contributed by atoms with Gasteiger partial charge in [-0.15, -0.1) is 0 Å². The van der Waals surface area contributed by atoms with Crippen molar-refractivity contribution in [2.24, 2.45) is 0 Å². The van der Waals surface area contributed by atoms with Crippen LogP contribution in [0.1, 0.15) is 28.3 Å². The van der Waals surface area contributed by atoms with Crippen LogP contribution in [0.25, 0.3) is 0 Å². The molecule has 0 saturated heterocycles. The van der Waals surface area contributed by atoms with Gasteiger partial charge < -0.3 is 14.8 Å². The molecule has 2 unspecified atom stereocenters. The van der Waals surface area contributed by atoms with Gasteiger partial charge in [0, 0.05) is 5.82 Å². The van der Waals surface area contributed by atoms with Crippen LogP contribution in [0.3, 0.4) is 0 Å². The van der Waals surface area contributed by atoms with Crippen LogP contribution in [-0.4, -0.2) is 23.2 Å². The molecular weight excluding hydrogens is 195 g/mol. The van der Waals surface area contributed by atoms with Gasteiger partial charge in [0.25, 0.3) is 0 Å². The van der Waals surface area contributed by atoms with Crippen molar-refractivity contribution >= 4 is 13.1 Å². The van der Waals surface area contributed by atoms with Crippen molar-refractivity contribution in [2.75, 3.05) is 0 Å². The molecule has 0 amide bonds. The number of carboxylic acid groups (broad SMARTS) is 1. The van der Waals surface area contributed by atoms with Gasteiger partial charge in [-0.05, 0) is 24.0 Å². The van der Waals surface area contributed by atoms with Gasteiger partial charge in [-0.2, -0.15) is 0 Å². The molecule has 4 nitrogen and oxygen atoms in total. The highest BCUT2D eigenvalue weighted by Crippen LogP contribution is 2.60. The Bertz CT molecular complexity index is 445. The quantitative estimate of drug-likeness (QED) is 0.672. The molecular formula is C10H9BO4. The Kier molecular flexibility index (Phi) is 1.62. The van der Waals surface area contributed by atoms with E-state index in [1.165, 1.54) is 6.07 Å². The number of fused-ring (bicyclic) bond motifs is 3. The fourth-order valence-electron chi connectivity index (χ4n) is 2.24. The number of carbonyl (C=O) groups is 1. The van der Waals surface area contributed by atoms with Crippen LogP contribution in [0.4, 0.5) is 0 Å². The molecule has 0 aromatic heterocycles. The molecule has 1 fully saturated rings. The lowest BCUT2D eigenvalue weighted by Gasteiger charge is -2.20. The summed E-state index contributed by atoms with van der Waals surface area (Å²) in [4.78, 5) is 10.9. The van der Waals surface area contributed by atoms with Gasteiger partial charge in [-0.25, -0.2) is 4.79 Å². The third kappa shape index (κ3) is 1.16. The minimum absolute atomic E-state index is 0.136. The lowest BCUT2D eigenvalue weighted by atomic mass is 9.77. The van der Waals surface area contributed by atoms with Gasteiger partial charge in [0.05, 0.1) is 5.56 Å². The van der Waals surface area contributed by atoms with Gasteiger partial charge in [0.1, 0.15) is 5.75 Å². The van der Waals surface area contributed by atoms with Crippen LogP contribution in [-0.2, 0) is 0 Å². The largest absolute Gasteiger partial charge is 0.535 e. The average Bonchev–Trinajstić information content (AvgIpc) is 2.97. The number of aromatic carboxylic acids is 1. The van der Waals surface area contributed by atoms with E-state index in [1.54, 1.807) is 6.07 Å². The molecule has 0 radical (unpaired) electrons. The van der Waals surface area contributed by atoms with Gasteiger partial charge in [-0.1, -0.05) is 12.1 Å². The fraction of sp³-hybridized carbons (Fsp3) is 0.300. The number of rotatable bonds is 1. The van der Waals surface area contributed by atoms with Crippen LogP contribution in [0.2, 0.25) is 5.82 Å². The smallest absolute Gasteiger partial charge is 0.526 e. The number of carboxylic acids is 1. The molecule has 2 N–H and O–H groups in total. The van der Waals surface area contributed by atoms with Crippen molar-refractivity contribution in [3.8, 4) is 5.75 Å². The second-order valence-corrected chi connectivity index (χ2v) is 4.04. The Labute approximate surface area is 86.6 Å². The first-order valence-corrected chi connectivity index (χ1v) is 4.89. The van der Waals surface area contributed by atoms with Crippen LogP contribution in [0.5, 0.6) is 5.75 Å². The minimum atomic E-state index is -1.02. The summed E-state index contributed by atoms with van der Waals surface area (Å²) in [5.74, 6) is -0.237. The zero-order valence-electron chi connectivity index (χ0n) is 7.88. The predicted molar refractivity (Wildman–Crippen MR) is 53.1 cm³/mol. The Morgan fingerprint density at radius 1 is 1.53 bits per heavy atom. The molecule has 1 saturated carbocycles. The summed E-state index contributed by atoms with van der Waals surface area (Å²) in [7, 11) is -0.844. The van der Waals surface area contributed by atoms with Crippen molar-refractivity contribution in [1.29, 1.82) is 0 Å². The lowest BCUT2D eigenvalue weighted by molar-refractivity contribution is 0.0694. The molecule has 76 valence electrons. The van der Waals surface area contributed by atoms with Crippen LogP contribution in [0.15, 0.2) is 18.2 Å². The summed E-state index contributed by atoms with van der Waals surface area (Å²) in [5.41, 5.74) is 1.06. The number of para-hydroxylation sites is 1. The molecule has 2 aliphatic rings. The second kappa shape index (κ2) is 2.76. The van der Waals surface area contributed by atoms with E-state index in [-0.39, 0.29) is 17.3 Å². The molecule has 1 heterocycles. The maximum Gasteiger partial charge on any atom is 0.526 e. The molecule has 3 rings (SSSR count). The first kappa shape index (κ1) is 8.79. The number of benzene rings is 1. The van der Waals surface area contributed by atoms with Gasteiger partial charge in [-0.3, -0.25) is 0 Å². The first-order valence-electron chi connectivity index (χ1n) is 4.89. The number of hydrogen-bond donors (Lipinski definition) is 2. The minimum Gasteiger partial charge on any atom is -0.535 e. The van der Waals surface area contributed by atoms with Crippen molar-refractivity contribution in [3.05, 3.63) is 29.3 Å². The molecule has 1 aliphatic heterocycles. The second-order valence-electron chi connectivity index (χ2n) is 4.04. The monoisotopic (exact) mass is 204 g/mol. The van der Waals surface area contributed by atoms with Gasteiger partial charge in [0.15, 0.2) is 0 Å². The SMILES string of the molecule is O=C(O)c1cccc2c1OB(O)C1CC21. The molecule has 1 aromatic carbocycles. The maximum atomic E-state index is 10.9. The van der Waals surface area contributed by atoms with Crippen LogP contribution < -0.4 is 4.65 Å². The van der Waals surface area contributed by atoms with E-state index in [4.69, 9.17) is 9.76 Å². The third-order valence-corrected chi connectivity index (χ3v) is 3.12. The average molecular weight is 204 g/mol. The van der Waals surface area contributed by atoms with Crippen molar-refractivity contribution in [1.82, 2.24) is 0 Å². The molecule has 0 spiro atoms. The van der Waals surface area contributed by atoms with E-state index in [0.29, 0.717) is 5.75 Å². The fourth-order valence-corrected chi connectivity index (χ4v) is 2.24. The third-order valence-electron chi connectivity index (χ3n) is 3.12. The normalized spacial score (nSPS) is 26.3. The van der Waals surface area contributed by atoms with E-state index in [2.05, 4.69) is 0 Å². The molecule has 2 atom stereocenters. The van der Waals surface area contributed by atoms with E-state index in [1.807, 2.05) is 6.07 Å². The summed E-state index contributed by atoms with van der Waals surface area (Å²) in [6.45, 7) is 0. The summed E-state index contributed by atoms with van der Waals surface area (Å²) in [6, 6.07) is 5.09. The Morgan fingerprint density at radius 3 is 3.07 bits per heavy atom. The van der Waals surface area contributed by atoms with E-state index < -0.39 is 13.1 Å². The number of hydrogen-bond acceptors (Lipinski definition) is 3. The zero-order chi connectivity index (χ0) is 10.6. The van der Waals surface area contributed by atoms with Gasteiger partial charge in [0.2, 0.25) is 0 Å². The predicted octanol–water partition coefficient (Wildman–Crippen LogP) is 1.12. The molecule has 5 heteroatoms. The zero-order valence-corrected chi connectivity index (χ0v) is 7.88. The van der Waals surface area contributed by atoms with Crippen LogP contribution >= 0.6 is 0 Å². The summed E-state index contributed by atoms with van der Waals surface area (Å²) in [5, 5.41) is 18.5.